The molecule has 0 saturated carbocycles. The number of anilines is 1. The molecule has 2 atom stereocenters. The molecular weight excluding hydrogens is 640 g/mol. The van der Waals surface area contributed by atoms with Crippen molar-refractivity contribution < 1.29 is 13.2 Å². The van der Waals surface area contributed by atoms with Gasteiger partial charge in [0.15, 0.2) is 15.1 Å². The quantitative estimate of drug-likeness (QED) is 0.132. The zero-order valence-electron chi connectivity index (χ0n) is 28.7. The summed E-state index contributed by atoms with van der Waals surface area (Å²) in [5.74, 6) is 1.18. The predicted molar refractivity (Wildman–Crippen MR) is 188 cm³/mol. The number of hydrogen-bond donors (Lipinski definition) is 0. The summed E-state index contributed by atoms with van der Waals surface area (Å²) in [6.07, 6.45) is 5.04. The van der Waals surface area contributed by atoms with Crippen LogP contribution in [0.4, 0.5) is 39.0 Å². The maximum Gasteiger partial charge on any atom is 0.416 e. The van der Waals surface area contributed by atoms with Crippen LogP contribution in [0, 0.1) is 23.2 Å². The molecule has 1 aromatic carbocycles. The Morgan fingerprint density at radius 1 is 0.830 bits per heavy atom. The van der Waals surface area contributed by atoms with Gasteiger partial charge in [-0.2, -0.15) is 18.4 Å². The molecule has 0 amide bonds. The van der Waals surface area contributed by atoms with Gasteiger partial charge in [0.1, 0.15) is 11.1 Å². The first-order valence-electron chi connectivity index (χ1n) is 16.6. The second-order valence-electron chi connectivity index (χ2n) is 13.0. The third kappa shape index (κ3) is 11.5. The number of benzene rings is 1. The normalized spacial score (nSPS) is 13.8. The first-order valence-corrected chi connectivity index (χ1v) is 18.3. The fraction of sp³-hybridized carbons (Fsp3) is 0.600. The van der Waals surface area contributed by atoms with E-state index in [2.05, 4.69) is 79.9 Å². The Morgan fingerprint density at radius 3 is 1.89 bits per heavy atom. The highest BCUT2D eigenvalue weighted by atomic mass is 32.1. The number of alkyl halides is 3. The highest BCUT2D eigenvalue weighted by molar-refractivity contribution is 7.20. The number of azo groups is 2. The van der Waals surface area contributed by atoms with Gasteiger partial charge in [0.25, 0.3) is 0 Å². The summed E-state index contributed by atoms with van der Waals surface area (Å²) in [7, 11) is 0. The summed E-state index contributed by atoms with van der Waals surface area (Å²) in [5, 5.41) is 29.6. The Hall–Kier alpha value is -3.17. The standard InChI is InChI=1S/C35H48F3N7S2/c1-8-12-14-24(10-3)22-45(23-25(11-4)15-13-9-2)33-40-30(34(5,6)7)32(47-33)44-43-31-26(21-39)20-29(46-31)42-41-28-18-16-27(17-19-28)35(36,37)38/h16-20,24-25H,8-15,22-23H2,1-7H3. The minimum absolute atomic E-state index is 0.268. The summed E-state index contributed by atoms with van der Waals surface area (Å²) >= 11 is 2.70. The summed E-state index contributed by atoms with van der Waals surface area (Å²) < 4.78 is 38.7. The molecule has 3 rings (SSSR count). The van der Waals surface area contributed by atoms with Crippen LogP contribution in [0.2, 0.25) is 0 Å². The Morgan fingerprint density at radius 2 is 1.40 bits per heavy atom. The smallest absolute Gasteiger partial charge is 0.347 e. The van der Waals surface area contributed by atoms with Crippen molar-refractivity contribution >= 4 is 48.5 Å². The zero-order chi connectivity index (χ0) is 34.6. The van der Waals surface area contributed by atoms with Crippen molar-refractivity contribution in [2.75, 3.05) is 18.0 Å². The highest BCUT2D eigenvalue weighted by Gasteiger charge is 2.30. The SMILES string of the molecule is CCCCC(CC)CN(CC(CC)CCCC)c1nc(C(C)(C)C)c(N=Nc2sc(N=Nc3ccc(C(F)(F)F)cc3)cc2C#N)s1. The number of hydrogen-bond acceptors (Lipinski definition) is 9. The summed E-state index contributed by atoms with van der Waals surface area (Å²) in [6.45, 7) is 17.3. The fourth-order valence-electron chi connectivity index (χ4n) is 5.17. The zero-order valence-corrected chi connectivity index (χ0v) is 30.3. The molecule has 0 aliphatic heterocycles. The number of nitrogens with zero attached hydrogens (tertiary/aromatic N) is 7. The predicted octanol–water partition coefficient (Wildman–Crippen LogP) is 13.5. The van der Waals surface area contributed by atoms with Crippen LogP contribution in [0.5, 0.6) is 0 Å². The van der Waals surface area contributed by atoms with Gasteiger partial charge in [-0.3, -0.25) is 0 Å². The average molecular weight is 688 g/mol. The molecule has 2 heterocycles. The average Bonchev–Trinajstić information content (AvgIpc) is 3.66. The first-order chi connectivity index (χ1) is 22.3. The molecule has 0 N–H and O–H groups in total. The Balaban J connectivity index is 1.93. The molecule has 3 aromatic rings. The molecule has 256 valence electrons. The van der Waals surface area contributed by atoms with Crippen LogP contribution in [-0.2, 0) is 11.6 Å². The highest BCUT2D eigenvalue weighted by Crippen LogP contribution is 2.43. The molecule has 2 aromatic heterocycles. The van der Waals surface area contributed by atoms with Gasteiger partial charge in [0.2, 0.25) is 0 Å². The number of thiazole rings is 1. The van der Waals surface area contributed by atoms with E-state index in [9.17, 15) is 18.4 Å². The van der Waals surface area contributed by atoms with Gasteiger partial charge >= 0.3 is 6.18 Å². The second-order valence-corrected chi connectivity index (χ2v) is 15.0. The van der Waals surface area contributed by atoms with Crippen molar-refractivity contribution in [2.45, 2.75) is 111 Å². The van der Waals surface area contributed by atoms with Crippen molar-refractivity contribution in [2.24, 2.45) is 32.3 Å². The minimum atomic E-state index is -4.42. The molecule has 0 fully saturated rings. The van der Waals surface area contributed by atoms with Crippen molar-refractivity contribution in [1.82, 2.24) is 4.98 Å². The van der Waals surface area contributed by atoms with Crippen LogP contribution >= 0.6 is 22.7 Å². The molecule has 7 nitrogen and oxygen atoms in total. The molecule has 0 aliphatic rings. The van der Waals surface area contributed by atoms with E-state index in [0.717, 1.165) is 60.2 Å². The lowest BCUT2D eigenvalue weighted by Crippen LogP contribution is -2.34. The number of halogens is 3. The van der Waals surface area contributed by atoms with E-state index in [0.29, 0.717) is 32.4 Å². The number of aromatic nitrogens is 1. The third-order valence-electron chi connectivity index (χ3n) is 8.13. The van der Waals surface area contributed by atoms with E-state index in [1.165, 1.54) is 50.7 Å². The lowest BCUT2D eigenvalue weighted by molar-refractivity contribution is -0.137. The van der Waals surface area contributed by atoms with Gasteiger partial charge in [-0.15, -0.1) is 20.5 Å². The third-order valence-corrected chi connectivity index (χ3v) is 10.0. The topological polar surface area (TPSA) is 89.4 Å². The van der Waals surface area contributed by atoms with Crippen LogP contribution < -0.4 is 4.90 Å². The van der Waals surface area contributed by atoms with Gasteiger partial charge in [-0.1, -0.05) is 110 Å². The first kappa shape index (κ1) is 38.3. The fourth-order valence-corrected chi connectivity index (χ4v) is 7.04. The van der Waals surface area contributed by atoms with Crippen LogP contribution in [0.15, 0.2) is 50.8 Å². The van der Waals surface area contributed by atoms with E-state index in [1.54, 1.807) is 17.4 Å². The van der Waals surface area contributed by atoms with Crippen molar-refractivity contribution in [3.05, 3.63) is 47.2 Å². The van der Waals surface area contributed by atoms with E-state index in [1.807, 2.05) is 0 Å². The monoisotopic (exact) mass is 687 g/mol. The summed E-state index contributed by atoms with van der Waals surface area (Å²) in [6, 6.07) is 8.12. The molecule has 0 saturated heterocycles. The molecule has 0 spiro atoms. The molecular formula is C35H48F3N7S2. The van der Waals surface area contributed by atoms with Crippen LogP contribution in [0.25, 0.3) is 0 Å². The largest absolute Gasteiger partial charge is 0.416 e. The molecule has 0 aliphatic carbocycles. The lowest BCUT2D eigenvalue weighted by atomic mass is 9.92. The van der Waals surface area contributed by atoms with E-state index in [-0.39, 0.29) is 11.1 Å². The maximum absolute atomic E-state index is 12.9. The molecule has 0 bridgehead atoms. The Labute approximate surface area is 286 Å². The molecule has 2 unspecified atom stereocenters. The van der Waals surface area contributed by atoms with Gasteiger partial charge in [0, 0.05) is 18.5 Å². The van der Waals surface area contributed by atoms with E-state index < -0.39 is 11.7 Å². The van der Waals surface area contributed by atoms with Crippen LogP contribution in [0.1, 0.15) is 117 Å². The van der Waals surface area contributed by atoms with Gasteiger partial charge in [-0.05, 0) is 55.0 Å². The Kier molecular flexibility index (Phi) is 14.5. The second kappa shape index (κ2) is 17.8. The summed E-state index contributed by atoms with van der Waals surface area (Å²) in [5.41, 5.74) is 0.403. The minimum Gasteiger partial charge on any atom is -0.347 e. The summed E-state index contributed by atoms with van der Waals surface area (Å²) in [4.78, 5) is 7.67. The van der Waals surface area contributed by atoms with E-state index in [4.69, 9.17) is 4.98 Å². The number of unbranched alkanes of at least 4 members (excludes halogenated alkanes) is 2. The Bertz CT molecular complexity index is 1480. The van der Waals surface area contributed by atoms with Crippen molar-refractivity contribution in [3.63, 3.8) is 0 Å². The van der Waals surface area contributed by atoms with Crippen LogP contribution in [-0.4, -0.2) is 18.1 Å². The van der Waals surface area contributed by atoms with Crippen LogP contribution in [0.3, 0.4) is 0 Å². The van der Waals surface area contributed by atoms with Gasteiger partial charge in [-0.25, -0.2) is 4.98 Å². The lowest BCUT2D eigenvalue weighted by Gasteiger charge is -2.30. The van der Waals surface area contributed by atoms with Gasteiger partial charge < -0.3 is 4.90 Å². The molecule has 12 heteroatoms. The molecule has 47 heavy (non-hydrogen) atoms. The van der Waals surface area contributed by atoms with Gasteiger partial charge in [0.05, 0.1) is 22.5 Å². The van der Waals surface area contributed by atoms with E-state index >= 15 is 0 Å². The number of thiophene rings is 1. The number of nitriles is 1. The van der Waals surface area contributed by atoms with Crippen molar-refractivity contribution in [3.8, 4) is 6.07 Å². The van der Waals surface area contributed by atoms with Crippen molar-refractivity contribution in [1.29, 1.82) is 5.26 Å². The molecule has 0 radical (unpaired) electrons. The number of rotatable bonds is 17. The maximum atomic E-state index is 12.9.